The highest BCUT2D eigenvalue weighted by Gasteiger charge is 2.20. The summed E-state index contributed by atoms with van der Waals surface area (Å²) in [5.41, 5.74) is 9.05. The van der Waals surface area contributed by atoms with E-state index in [2.05, 4.69) is 29.9 Å². The van der Waals surface area contributed by atoms with Gasteiger partial charge in [0.05, 0.1) is 0 Å². The van der Waals surface area contributed by atoms with Crippen LogP contribution < -0.4 is 10.9 Å². The van der Waals surface area contributed by atoms with Crippen LogP contribution in [-0.2, 0) is 0 Å². The Bertz CT molecular complexity index is 203. The van der Waals surface area contributed by atoms with Crippen LogP contribution in [0.15, 0.2) is 23.4 Å². The minimum Gasteiger partial charge on any atom is -0.321 e. The number of hydrogen-bond acceptors (Lipinski definition) is 2. The number of allylic oxidation sites excluding steroid dienone is 2. The first-order valence-corrected chi connectivity index (χ1v) is 3.80. The first kappa shape index (κ1) is 5.98. The van der Waals surface area contributed by atoms with E-state index >= 15 is 0 Å². The van der Waals surface area contributed by atoms with Gasteiger partial charge in [0.1, 0.15) is 0 Å². The van der Waals surface area contributed by atoms with Gasteiger partial charge in [-0.3, -0.25) is 0 Å². The van der Waals surface area contributed by atoms with E-state index in [1.165, 1.54) is 24.1 Å². The lowest BCUT2D eigenvalue weighted by Gasteiger charge is -2.07. The summed E-state index contributed by atoms with van der Waals surface area (Å²) < 4.78 is 0. The molecule has 0 bridgehead atoms. The molecule has 1 fully saturated rings. The Morgan fingerprint density at radius 2 is 2.20 bits per heavy atom. The van der Waals surface area contributed by atoms with Gasteiger partial charge in [0, 0.05) is 11.7 Å². The van der Waals surface area contributed by atoms with Crippen molar-refractivity contribution in [2.45, 2.75) is 25.8 Å². The van der Waals surface area contributed by atoms with Crippen LogP contribution in [0.4, 0.5) is 0 Å². The molecule has 1 atom stereocenters. The monoisotopic (exact) mass is 136 g/mol. The number of nitrogens with one attached hydrogen (secondary N) is 2. The highest BCUT2D eigenvalue weighted by atomic mass is 15.4. The lowest BCUT2D eigenvalue weighted by Crippen LogP contribution is -2.27. The molecule has 2 aliphatic rings. The van der Waals surface area contributed by atoms with E-state index in [9.17, 15) is 0 Å². The summed E-state index contributed by atoms with van der Waals surface area (Å²) in [6.07, 6.45) is 6.95. The van der Waals surface area contributed by atoms with Gasteiger partial charge >= 0.3 is 0 Å². The molecule has 1 aliphatic heterocycles. The Morgan fingerprint density at radius 3 is 3.00 bits per heavy atom. The first-order chi connectivity index (χ1) is 4.88. The van der Waals surface area contributed by atoms with Crippen LogP contribution in [0.1, 0.15) is 19.8 Å². The van der Waals surface area contributed by atoms with Crippen molar-refractivity contribution in [3.63, 3.8) is 0 Å². The molecule has 0 radical (unpaired) electrons. The second-order valence-electron chi connectivity index (χ2n) is 2.85. The highest BCUT2D eigenvalue weighted by molar-refractivity contribution is 5.38. The molecule has 0 saturated carbocycles. The Balaban J connectivity index is 2.31. The van der Waals surface area contributed by atoms with Crippen LogP contribution in [0.3, 0.4) is 0 Å². The summed E-state index contributed by atoms with van der Waals surface area (Å²) in [5, 5.41) is 0. The smallest absolute Gasteiger partial charge is 0.0499 e. The van der Waals surface area contributed by atoms with Crippen LogP contribution >= 0.6 is 0 Å². The molecule has 0 spiro atoms. The zero-order valence-electron chi connectivity index (χ0n) is 6.15. The fourth-order valence-electron chi connectivity index (χ4n) is 1.49. The van der Waals surface area contributed by atoms with Gasteiger partial charge in [0.15, 0.2) is 0 Å². The van der Waals surface area contributed by atoms with Crippen molar-refractivity contribution in [1.29, 1.82) is 0 Å². The van der Waals surface area contributed by atoms with Gasteiger partial charge in [-0.2, -0.15) is 0 Å². The van der Waals surface area contributed by atoms with E-state index in [0.29, 0.717) is 6.04 Å². The summed E-state index contributed by atoms with van der Waals surface area (Å²) in [5.74, 6) is 0. The van der Waals surface area contributed by atoms with Crippen molar-refractivity contribution in [2.75, 3.05) is 0 Å². The summed E-state index contributed by atoms with van der Waals surface area (Å²) in [7, 11) is 0. The molecule has 1 aliphatic carbocycles. The van der Waals surface area contributed by atoms with Crippen molar-refractivity contribution >= 4 is 0 Å². The van der Waals surface area contributed by atoms with E-state index in [1.54, 1.807) is 0 Å². The predicted octanol–water partition coefficient (Wildman–Crippen LogP) is 1.09. The molecule has 0 amide bonds. The maximum absolute atomic E-state index is 3.17. The van der Waals surface area contributed by atoms with Crippen LogP contribution in [0.25, 0.3) is 0 Å². The lowest BCUT2D eigenvalue weighted by molar-refractivity contribution is 0.625. The maximum atomic E-state index is 3.17. The SMILES string of the molecule is CC1NNC2=CCCC=C21. The molecular formula is C8H12N2. The number of hydrogen-bond donors (Lipinski definition) is 2. The van der Waals surface area contributed by atoms with E-state index in [4.69, 9.17) is 0 Å². The fourth-order valence-corrected chi connectivity index (χ4v) is 1.49. The zero-order chi connectivity index (χ0) is 6.97. The van der Waals surface area contributed by atoms with E-state index < -0.39 is 0 Å². The van der Waals surface area contributed by atoms with Gasteiger partial charge in [-0.25, -0.2) is 5.43 Å². The van der Waals surface area contributed by atoms with Gasteiger partial charge in [0.25, 0.3) is 0 Å². The maximum Gasteiger partial charge on any atom is 0.0499 e. The molecule has 10 heavy (non-hydrogen) atoms. The molecule has 0 aromatic heterocycles. The summed E-state index contributed by atoms with van der Waals surface area (Å²) in [6, 6.07) is 0.492. The molecule has 0 aromatic rings. The Labute approximate surface area is 61.0 Å². The number of hydrazine groups is 1. The average Bonchev–Trinajstić information content (AvgIpc) is 2.34. The topological polar surface area (TPSA) is 24.1 Å². The third-order valence-corrected chi connectivity index (χ3v) is 2.08. The molecule has 2 rings (SSSR count). The highest BCUT2D eigenvalue weighted by Crippen LogP contribution is 2.22. The van der Waals surface area contributed by atoms with E-state index in [-0.39, 0.29) is 0 Å². The molecule has 1 unspecified atom stereocenters. The molecule has 2 N–H and O–H groups in total. The average molecular weight is 136 g/mol. The summed E-state index contributed by atoms with van der Waals surface area (Å²) in [4.78, 5) is 0. The molecule has 1 heterocycles. The molecule has 54 valence electrons. The van der Waals surface area contributed by atoms with Crippen LogP contribution in [0.5, 0.6) is 0 Å². The van der Waals surface area contributed by atoms with Crippen molar-refractivity contribution in [3.8, 4) is 0 Å². The Morgan fingerprint density at radius 1 is 1.40 bits per heavy atom. The van der Waals surface area contributed by atoms with E-state index in [0.717, 1.165) is 0 Å². The fraction of sp³-hybridized carbons (Fsp3) is 0.500. The third-order valence-electron chi connectivity index (χ3n) is 2.08. The molecule has 1 saturated heterocycles. The summed E-state index contributed by atoms with van der Waals surface area (Å²) >= 11 is 0. The molecule has 2 heteroatoms. The molecule has 2 nitrogen and oxygen atoms in total. The van der Waals surface area contributed by atoms with Crippen molar-refractivity contribution in [1.82, 2.24) is 10.9 Å². The van der Waals surface area contributed by atoms with Crippen LogP contribution in [-0.4, -0.2) is 6.04 Å². The summed E-state index contributed by atoms with van der Waals surface area (Å²) in [6.45, 7) is 2.17. The normalized spacial score (nSPS) is 30.3. The quantitative estimate of drug-likeness (QED) is 0.521. The molecular weight excluding hydrogens is 124 g/mol. The Hall–Kier alpha value is -0.760. The minimum absolute atomic E-state index is 0.492. The van der Waals surface area contributed by atoms with Gasteiger partial charge < -0.3 is 5.43 Å². The molecule has 0 aromatic carbocycles. The standard InChI is InChI=1S/C8H12N2/c1-6-7-4-2-3-5-8(7)10-9-6/h4-6,9-10H,2-3H2,1H3. The van der Waals surface area contributed by atoms with Crippen LogP contribution in [0.2, 0.25) is 0 Å². The Kier molecular flexibility index (Phi) is 1.27. The lowest BCUT2D eigenvalue weighted by atomic mass is 10.0. The minimum atomic E-state index is 0.492. The van der Waals surface area contributed by atoms with Crippen molar-refractivity contribution in [2.24, 2.45) is 0 Å². The largest absolute Gasteiger partial charge is 0.321 e. The zero-order valence-corrected chi connectivity index (χ0v) is 6.15. The number of fused-ring (bicyclic) bond motifs is 1. The van der Waals surface area contributed by atoms with Crippen molar-refractivity contribution < 1.29 is 0 Å². The van der Waals surface area contributed by atoms with E-state index in [1.807, 2.05) is 0 Å². The predicted molar refractivity (Wildman–Crippen MR) is 41.1 cm³/mol. The number of rotatable bonds is 0. The van der Waals surface area contributed by atoms with Crippen LogP contribution in [0, 0.1) is 0 Å². The van der Waals surface area contributed by atoms with Gasteiger partial charge in [-0.05, 0) is 25.3 Å². The second kappa shape index (κ2) is 2.13. The first-order valence-electron chi connectivity index (χ1n) is 3.80. The van der Waals surface area contributed by atoms with Crippen molar-refractivity contribution in [3.05, 3.63) is 23.4 Å². The van der Waals surface area contributed by atoms with Gasteiger partial charge in [-0.1, -0.05) is 12.2 Å². The second-order valence-corrected chi connectivity index (χ2v) is 2.85. The third kappa shape index (κ3) is 0.762. The van der Waals surface area contributed by atoms with Gasteiger partial charge in [0.2, 0.25) is 0 Å². The van der Waals surface area contributed by atoms with Gasteiger partial charge in [-0.15, -0.1) is 0 Å².